The highest BCUT2D eigenvalue weighted by Crippen LogP contribution is 2.33. The Balaban J connectivity index is 1.06. The van der Waals surface area contributed by atoms with Crippen molar-refractivity contribution in [2.45, 2.75) is 19.8 Å². The molecular weight excluding hydrogens is 624 g/mol. The Morgan fingerprint density at radius 2 is 1.50 bits per heavy atom. The van der Waals surface area contributed by atoms with Crippen LogP contribution in [0.1, 0.15) is 16.8 Å². The maximum absolute atomic E-state index is 12.8. The number of amides is 1. The average molecular weight is 667 g/mol. The Kier molecular flexibility index (Phi) is 10.1. The maximum Gasteiger partial charge on any atom is 0.224 e. The van der Waals surface area contributed by atoms with Crippen LogP contribution in [0.15, 0.2) is 115 Å². The molecular formula is C41H42N6O3. The van der Waals surface area contributed by atoms with Crippen LogP contribution < -0.4 is 15.0 Å². The van der Waals surface area contributed by atoms with E-state index in [0.717, 1.165) is 88.3 Å². The van der Waals surface area contributed by atoms with E-state index in [1.807, 2.05) is 84.2 Å². The number of nitrogens with one attached hydrogen (secondary N) is 1. The van der Waals surface area contributed by atoms with Gasteiger partial charge in [0.25, 0.3) is 0 Å². The van der Waals surface area contributed by atoms with Gasteiger partial charge in [0.05, 0.1) is 24.4 Å². The molecule has 2 aromatic heterocycles. The number of aliphatic hydroxyl groups excluding tert-OH is 1. The largest absolute Gasteiger partial charge is 0.457 e. The molecule has 7 rings (SSSR count). The van der Waals surface area contributed by atoms with Crippen LogP contribution in [0, 0.1) is 6.92 Å². The molecule has 9 nitrogen and oxygen atoms in total. The van der Waals surface area contributed by atoms with E-state index in [1.54, 1.807) is 0 Å². The fourth-order valence-corrected chi connectivity index (χ4v) is 6.55. The molecule has 1 amide bonds. The van der Waals surface area contributed by atoms with Crippen LogP contribution in [-0.4, -0.2) is 76.4 Å². The molecule has 2 N–H and O–H groups in total. The molecule has 0 aliphatic carbocycles. The zero-order chi connectivity index (χ0) is 34.3. The topological polar surface area (TPSA) is 95.2 Å². The van der Waals surface area contributed by atoms with Crippen LogP contribution in [0.2, 0.25) is 0 Å². The Hall–Kier alpha value is -5.51. The summed E-state index contributed by atoms with van der Waals surface area (Å²) in [6.45, 7) is 6.86. The van der Waals surface area contributed by atoms with Gasteiger partial charge in [0.1, 0.15) is 17.3 Å². The third-order valence-electron chi connectivity index (χ3n) is 9.15. The van der Waals surface area contributed by atoms with E-state index in [0.29, 0.717) is 25.9 Å². The number of carbonyl (C=O) groups excluding carboxylic acids is 1. The molecule has 3 heterocycles. The van der Waals surface area contributed by atoms with Crippen molar-refractivity contribution in [2.24, 2.45) is 0 Å². The van der Waals surface area contributed by atoms with Gasteiger partial charge in [0.2, 0.25) is 5.91 Å². The molecule has 0 spiro atoms. The van der Waals surface area contributed by atoms with Crippen molar-refractivity contribution in [1.82, 2.24) is 24.8 Å². The number of β-amino-alcohol motifs (C(OH)–C–C–N with tert-alkyl or cyclic N) is 1. The summed E-state index contributed by atoms with van der Waals surface area (Å²) in [5, 5.41) is 17.5. The fourth-order valence-electron chi connectivity index (χ4n) is 6.55. The van der Waals surface area contributed by atoms with Crippen LogP contribution in [0.5, 0.6) is 11.5 Å². The van der Waals surface area contributed by atoms with Crippen LogP contribution in [-0.2, 0) is 17.6 Å². The molecule has 9 heteroatoms. The molecule has 0 bridgehead atoms. The van der Waals surface area contributed by atoms with Gasteiger partial charge in [-0.05, 0) is 60.4 Å². The Labute approximate surface area is 292 Å². The number of anilines is 1. The quantitative estimate of drug-likeness (QED) is 0.161. The van der Waals surface area contributed by atoms with E-state index in [4.69, 9.17) is 14.8 Å². The van der Waals surface area contributed by atoms with Crippen molar-refractivity contribution in [3.63, 3.8) is 0 Å². The molecule has 0 radical (unpaired) electrons. The van der Waals surface area contributed by atoms with Gasteiger partial charge in [-0.3, -0.25) is 9.69 Å². The summed E-state index contributed by atoms with van der Waals surface area (Å²) in [6.07, 6.45) is 1.01. The number of rotatable bonds is 12. The summed E-state index contributed by atoms with van der Waals surface area (Å²) in [5.74, 6) is 2.51. The normalized spacial score (nSPS) is 13.4. The van der Waals surface area contributed by atoms with Crippen LogP contribution in [0.4, 0.5) is 5.82 Å². The van der Waals surface area contributed by atoms with Crippen molar-refractivity contribution >= 4 is 17.4 Å². The van der Waals surface area contributed by atoms with Gasteiger partial charge in [-0.1, -0.05) is 78.9 Å². The molecule has 0 unspecified atom stereocenters. The number of hydrogen-bond donors (Lipinski definition) is 2. The number of aryl methyl sites for hydroxylation is 1. The van der Waals surface area contributed by atoms with Gasteiger partial charge in [0.15, 0.2) is 5.65 Å². The van der Waals surface area contributed by atoms with Gasteiger partial charge in [-0.15, -0.1) is 0 Å². The standard InChI is InChI=1S/C41H42N6O3/c1-30-40(33-10-4-2-5-11-33)41-43-37(29-39(47(41)44-30)46-23-21-45(22-24-46)25-26-48)34-12-8-9-31(27-34)19-20-42-38(49)28-32-15-17-36(18-16-32)50-35-13-6-3-7-14-35/h2-18,27,29,48H,19-26,28H2,1H3,(H,42,49). The number of carbonyl (C=O) groups is 1. The summed E-state index contributed by atoms with van der Waals surface area (Å²) in [6, 6.07) is 38.2. The van der Waals surface area contributed by atoms with Gasteiger partial charge >= 0.3 is 0 Å². The third-order valence-corrected chi connectivity index (χ3v) is 9.15. The highest BCUT2D eigenvalue weighted by molar-refractivity contribution is 5.83. The van der Waals surface area contributed by atoms with Crippen molar-refractivity contribution < 1.29 is 14.6 Å². The SMILES string of the molecule is Cc1nn2c(N3CCN(CCO)CC3)cc(-c3cccc(CCNC(=O)Cc4ccc(Oc5ccccc5)cc4)c3)nc2c1-c1ccccc1. The van der Waals surface area contributed by atoms with E-state index in [1.165, 1.54) is 0 Å². The van der Waals surface area contributed by atoms with E-state index < -0.39 is 0 Å². The first-order chi connectivity index (χ1) is 24.5. The van der Waals surface area contributed by atoms with E-state index in [2.05, 4.69) is 57.6 Å². The highest BCUT2D eigenvalue weighted by atomic mass is 16.5. The maximum atomic E-state index is 12.8. The Morgan fingerprint density at radius 3 is 2.24 bits per heavy atom. The van der Waals surface area contributed by atoms with Gasteiger partial charge in [-0.25, -0.2) is 4.98 Å². The third kappa shape index (κ3) is 7.70. The minimum absolute atomic E-state index is 0.0155. The summed E-state index contributed by atoms with van der Waals surface area (Å²) < 4.78 is 7.86. The number of aromatic nitrogens is 3. The van der Waals surface area contributed by atoms with Crippen LogP contribution >= 0.6 is 0 Å². The van der Waals surface area contributed by atoms with Gasteiger partial charge < -0.3 is 20.1 Å². The summed E-state index contributed by atoms with van der Waals surface area (Å²) in [7, 11) is 0. The first-order valence-corrected chi connectivity index (χ1v) is 17.3. The van der Waals surface area contributed by atoms with Crippen molar-refractivity contribution in [3.05, 3.63) is 132 Å². The van der Waals surface area contributed by atoms with Gasteiger partial charge in [-0.2, -0.15) is 9.61 Å². The predicted octanol–water partition coefficient (Wildman–Crippen LogP) is 6.18. The Morgan fingerprint density at radius 1 is 0.800 bits per heavy atom. The van der Waals surface area contributed by atoms with Crippen molar-refractivity contribution in [3.8, 4) is 33.9 Å². The fraction of sp³-hybridized carbons (Fsp3) is 0.244. The van der Waals surface area contributed by atoms with Crippen molar-refractivity contribution in [2.75, 3.05) is 50.8 Å². The molecule has 0 atom stereocenters. The number of fused-ring (bicyclic) bond motifs is 1. The lowest BCUT2D eigenvalue weighted by atomic mass is 10.0. The number of piperazine rings is 1. The molecule has 1 aliphatic rings. The zero-order valence-electron chi connectivity index (χ0n) is 28.3. The summed E-state index contributed by atoms with van der Waals surface area (Å²) in [5.41, 5.74) is 7.84. The van der Waals surface area contributed by atoms with Crippen LogP contribution in [0.25, 0.3) is 28.0 Å². The molecule has 6 aromatic rings. The Bertz CT molecular complexity index is 2040. The lowest BCUT2D eigenvalue weighted by Crippen LogP contribution is -2.47. The van der Waals surface area contributed by atoms with Crippen molar-refractivity contribution in [1.29, 1.82) is 0 Å². The minimum atomic E-state index is -0.0155. The first-order valence-electron chi connectivity index (χ1n) is 17.3. The number of aliphatic hydroxyl groups is 1. The molecule has 1 fully saturated rings. The molecule has 254 valence electrons. The molecule has 0 saturated carbocycles. The van der Waals surface area contributed by atoms with E-state index in [-0.39, 0.29) is 12.5 Å². The number of hydrogen-bond acceptors (Lipinski definition) is 7. The first kappa shape index (κ1) is 33.0. The molecule has 1 saturated heterocycles. The second-order valence-electron chi connectivity index (χ2n) is 12.6. The van der Waals surface area contributed by atoms with Gasteiger partial charge in [0, 0.05) is 56.5 Å². The minimum Gasteiger partial charge on any atom is -0.457 e. The molecule has 1 aliphatic heterocycles. The molecule has 4 aromatic carbocycles. The number of para-hydroxylation sites is 1. The monoisotopic (exact) mass is 666 g/mol. The van der Waals surface area contributed by atoms with E-state index >= 15 is 0 Å². The number of nitrogens with zero attached hydrogens (tertiary/aromatic N) is 5. The highest BCUT2D eigenvalue weighted by Gasteiger charge is 2.23. The molecule has 50 heavy (non-hydrogen) atoms. The zero-order valence-corrected chi connectivity index (χ0v) is 28.3. The summed E-state index contributed by atoms with van der Waals surface area (Å²) >= 11 is 0. The second kappa shape index (κ2) is 15.4. The second-order valence-corrected chi connectivity index (χ2v) is 12.6. The lowest BCUT2D eigenvalue weighted by molar-refractivity contribution is -0.120. The summed E-state index contributed by atoms with van der Waals surface area (Å²) in [4.78, 5) is 22.7. The van der Waals surface area contributed by atoms with Crippen LogP contribution in [0.3, 0.4) is 0 Å². The smallest absolute Gasteiger partial charge is 0.224 e. The average Bonchev–Trinajstić information content (AvgIpc) is 3.49. The predicted molar refractivity (Wildman–Crippen MR) is 198 cm³/mol. The van der Waals surface area contributed by atoms with E-state index in [9.17, 15) is 9.90 Å². The number of benzene rings is 4. The number of ether oxygens (including phenoxy) is 1. The lowest BCUT2D eigenvalue weighted by Gasteiger charge is -2.35.